The lowest BCUT2D eigenvalue weighted by atomic mass is 9.76. The predicted octanol–water partition coefficient (Wildman–Crippen LogP) is 1.11. The van der Waals surface area contributed by atoms with E-state index >= 15 is 0 Å². The summed E-state index contributed by atoms with van der Waals surface area (Å²) >= 11 is 6.00. The summed E-state index contributed by atoms with van der Waals surface area (Å²) in [4.78, 5) is 23.7. The number of halogens is 1. The van der Waals surface area contributed by atoms with Gasteiger partial charge in [0.05, 0.1) is 11.8 Å². The minimum absolute atomic E-state index is 0.0393. The zero-order chi connectivity index (χ0) is 20.6. The molecule has 6 atom stereocenters. The Morgan fingerprint density at radius 3 is 2.48 bits per heavy atom. The second-order valence-electron chi connectivity index (χ2n) is 7.51. The Morgan fingerprint density at radius 1 is 1.37 bits per heavy atom. The average Bonchev–Trinajstić information content (AvgIpc) is 2.78. The number of rotatable bonds is 6. The van der Waals surface area contributed by atoms with Crippen molar-refractivity contribution in [3.05, 3.63) is 12.2 Å². The van der Waals surface area contributed by atoms with Gasteiger partial charge in [0.1, 0.15) is 17.3 Å². The van der Waals surface area contributed by atoms with Crippen LogP contribution in [0, 0.1) is 11.8 Å². The van der Waals surface area contributed by atoms with Gasteiger partial charge in [0.25, 0.3) is 0 Å². The van der Waals surface area contributed by atoms with Gasteiger partial charge in [-0.3, -0.25) is 9.59 Å². The summed E-state index contributed by atoms with van der Waals surface area (Å²) in [6.07, 6.45) is -3.62. The largest absolute Gasteiger partial charge is 0.459 e. The molecule has 1 saturated carbocycles. The number of carbonyl (C=O) groups excluding carboxylic acids is 2. The zero-order valence-corrected chi connectivity index (χ0v) is 16.7. The van der Waals surface area contributed by atoms with Crippen LogP contribution in [0.1, 0.15) is 33.6 Å². The van der Waals surface area contributed by atoms with E-state index in [1.807, 2.05) is 13.8 Å². The van der Waals surface area contributed by atoms with Gasteiger partial charge in [-0.25, -0.2) is 0 Å². The van der Waals surface area contributed by atoms with E-state index in [1.54, 1.807) is 0 Å². The van der Waals surface area contributed by atoms with Crippen molar-refractivity contribution >= 4 is 23.5 Å². The number of alkyl halides is 1. The molecule has 0 bridgehead atoms. The van der Waals surface area contributed by atoms with Crippen LogP contribution < -0.4 is 0 Å². The van der Waals surface area contributed by atoms with Crippen LogP contribution in [0.2, 0.25) is 0 Å². The van der Waals surface area contributed by atoms with Crippen LogP contribution in [0.5, 0.6) is 0 Å². The summed E-state index contributed by atoms with van der Waals surface area (Å²) in [6, 6.07) is 0. The van der Waals surface area contributed by atoms with E-state index in [0.29, 0.717) is 0 Å². The number of hydrogen-bond donors (Lipinski definition) is 2. The first kappa shape index (κ1) is 22.1. The Hall–Kier alpha value is -1.19. The fourth-order valence-corrected chi connectivity index (χ4v) is 4.13. The van der Waals surface area contributed by atoms with Crippen molar-refractivity contribution in [3.8, 4) is 0 Å². The molecule has 1 heterocycles. The predicted molar refractivity (Wildman–Crippen MR) is 94.6 cm³/mol. The number of ether oxygens (including phenoxy) is 4. The van der Waals surface area contributed by atoms with Gasteiger partial charge in [-0.15, -0.1) is 11.6 Å². The molecule has 1 saturated heterocycles. The van der Waals surface area contributed by atoms with Gasteiger partial charge in [0.2, 0.25) is 6.29 Å². The molecule has 2 rings (SSSR count). The molecule has 1 aliphatic carbocycles. The SMILES string of the molecule is C=C1[C@H](OC)O[C@@H](OC(=O)CC(C)C)[C@@H]2[C@@](O)(CCl)[C@@H](OC(C)=O)C[C@]12O. The smallest absolute Gasteiger partial charge is 0.308 e. The van der Waals surface area contributed by atoms with Crippen LogP contribution in [-0.4, -0.2) is 65.0 Å². The highest BCUT2D eigenvalue weighted by Gasteiger charge is 2.70. The molecular formula is C18H27ClO8. The highest BCUT2D eigenvalue weighted by Crippen LogP contribution is 2.54. The van der Waals surface area contributed by atoms with Crippen LogP contribution in [0.25, 0.3) is 0 Å². The molecule has 2 aliphatic rings. The fourth-order valence-electron chi connectivity index (χ4n) is 3.80. The maximum atomic E-state index is 12.2. The minimum Gasteiger partial charge on any atom is -0.459 e. The fraction of sp³-hybridized carbons (Fsp3) is 0.778. The van der Waals surface area contributed by atoms with Gasteiger partial charge in [-0.2, -0.15) is 0 Å². The number of fused-ring (bicyclic) bond motifs is 1. The molecule has 9 heteroatoms. The normalized spacial score (nSPS) is 38.6. The van der Waals surface area contributed by atoms with Crippen molar-refractivity contribution < 1.29 is 38.7 Å². The summed E-state index contributed by atoms with van der Waals surface area (Å²) in [5.41, 5.74) is -3.54. The van der Waals surface area contributed by atoms with Gasteiger partial charge in [0, 0.05) is 32.4 Å². The monoisotopic (exact) mass is 406 g/mol. The van der Waals surface area contributed by atoms with E-state index in [1.165, 1.54) is 14.0 Å². The van der Waals surface area contributed by atoms with Crippen molar-refractivity contribution in [2.24, 2.45) is 11.8 Å². The topological polar surface area (TPSA) is 112 Å². The third-order valence-corrected chi connectivity index (χ3v) is 5.46. The minimum atomic E-state index is -1.90. The van der Waals surface area contributed by atoms with Crippen LogP contribution in [0.3, 0.4) is 0 Å². The van der Waals surface area contributed by atoms with Crippen molar-refractivity contribution in [2.75, 3.05) is 13.0 Å². The van der Waals surface area contributed by atoms with Crippen LogP contribution in [0.4, 0.5) is 0 Å². The molecule has 2 N–H and O–H groups in total. The van der Waals surface area contributed by atoms with Gasteiger partial charge in [-0.1, -0.05) is 20.4 Å². The quantitative estimate of drug-likeness (QED) is 0.383. The van der Waals surface area contributed by atoms with Gasteiger partial charge < -0.3 is 29.2 Å². The lowest BCUT2D eigenvalue weighted by molar-refractivity contribution is -0.299. The molecule has 0 spiro atoms. The molecule has 0 unspecified atom stereocenters. The van der Waals surface area contributed by atoms with E-state index in [2.05, 4.69) is 6.58 Å². The molecule has 8 nitrogen and oxygen atoms in total. The van der Waals surface area contributed by atoms with Crippen molar-refractivity contribution in [1.82, 2.24) is 0 Å². The van der Waals surface area contributed by atoms with Gasteiger partial charge in [0.15, 0.2) is 6.29 Å². The molecular weight excluding hydrogens is 380 g/mol. The van der Waals surface area contributed by atoms with Crippen LogP contribution in [-0.2, 0) is 28.5 Å². The highest BCUT2D eigenvalue weighted by molar-refractivity contribution is 6.18. The second-order valence-corrected chi connectivity index (χ2v) is 7.78. The Kier molecular flexibility index (Phi) is 6.59. The summed E-state index contributed by atoms with van der Waals surface area (Å²) in [5, 5.41) is 22.5. The molecule has 27 heavy (non-hydrogen) atoms. The molecule has 2 fully saturated rings. The molecule has 0 amide bonds. The average molecular weight is 407 g/mol. The maximum absolute atomic E-state index is 12.2. The van der Waals surface area contributed by atoms with E-state index in [-0.39, 0.29) is 30.2 Å². The molecule has 0 aromatic heterocycles. The van der Waals surface area contributed by atoms with Gasteiger partial charge in [-0.05, 0) is 5.92 Å². The van der Waals surface area contributed by atoms with Crippen LogP contribution >= 0.6 is 11.6 Å². The van der Waals surface area contributed by atoms with Gasteiger partial charge >= 0.3 is 11.9 Å². The molecule has 154 valence electrons. The Morgan fingerprint density at radius 2 is 2.00 bits per heavy atom. The highest BCUT2D eigenvalue weighted by atomic mass is 35.5. The number of esters is 2. The van der Waals surface area contributed by atoms with E-state index in [9.17, 15) is 19.8 Å². The Labute approximate surface area is 163 Å². The third-order valence-electron chi connectivity index (χ3n) is 5.04. The Bertz CT molecular complexity index is 608. The molecule has 0 aromatic carbocycles. The number of methoxy groups -OCH3 is 1. The van der Waals surface area contributed by atoms with E-state index < -0.39 is 47.7 Å². The summed E-state index contributed by atoms with van der Waals surface area (Å²) in [5.74, 6) is -2.76. The van der Waals surface area contributed by atoms with Crippen molar-refractivity contribution in [3.63, 3.8) is 0 Å². The van der Waals surface area contributed by atoms with Crippen molar-refractivity contribution in [2.45, 2.75) is 63.5 Å². The van der Waals surface area contributed by atoms with E-state index in [0.717, 1.165) is 0 Å². The Balaban J connectivity index is 2.43. The summed E-state index contributed by atoms with van der Waals surface area (Å²) in [7, 11) is 1.35. The van der Waals surface area contributed by atoms with Crippen LogP contribution in [0.15, 0.2) is 12.2 Å². The number of aliphatic hydroxyl groups is 2. The first-order valence-electron chi connectivity index (χ1n) is 8.74. The van der Waals surface area contributed by atoms with E-state index in [4.69, 9.17) is 30.5 Å². The maximum Gasteiger partial charge on any atom is 0.308 e. The first-order valence-corrected chi connectivity index (χ1v) is 9.28. The second kappa shape index (κ2) is 8.05. The summed E-state index contributed by atoms with van der Waals surface area (Å²) in [6.45, 7) is 8.70. The first-order chi connectivity index (χ1) is 12.5. The molecule has 1 aliphatic heterocycles. The molecule has 0 aromatic rings. The third kappa shape index (κ3) is 4.00. The lowest BCUT2D eigenvalue weighted by Crippen LogP contribution is -2.61. The summed E-state index contributed by atoms with van der Waals surface area (Å²) < 4.78 is 21.4. The zero-order valence-electron chi connectivity index (χ0n) is 15.9. The lowest BCUT2D eigenvalue weighted by Gasteiger charge is -2.47. The standard InChI is InChI=1S/C18H27ClO8/c1-9(2)6-13(21)26-16-14-17(22,10(3)15(24-5)27-16)7-12(25-11(4)20)18(14,23)8-19/h9,12,14-16,22-23H,3,6-8H2,1-2,4-5H3/t12-,14-,15+,16+,17-,18+/m0/s1. The van der Waals surface area contributed by atoms with Crippen molar-refractivity contribution in [1.29, 1.82) is 0 Å². The number of carbonyl (C=O) groups is 2. The number of hydrogen-bond acceptors (Lipinski definition) is 8. The molecule has 0 radical (unpaired) electrons.